The fourth-order valence-corrected chi connectivity index (χ4v) is 2.77. The second-order valence-electron chi connectivity index (χ2n) is 5.97. The van der Waals surface area contributed by atoms with Crippen molar-refractivity contribution >= 4 is 23.5 Å². The van der Waals surface area contributed by atoms with E-state index in [1.807, 2.05) is 13.8 Å². The topological polar surface area (TPSA) is 54.0 Å². The summed E-state index contributed by atoms with van der Waals surface area (Å²) in [5, 5.41) is 0.424. The molecule has 136 valence electrons. The number of carbonyl (C=O) groups is 1. The van der Waals surface area contributed by atoms with Gasteiger partial charge in [0, 0.05) is 5.56 Å². The molecule has 3 rings (SSSR count). The van der Waals surface area contributed by atoms with Crippen LogP contribution in [0.25, 0.3) is 6.08 Å². The highest BCUT2D eigenvalue weighted by atomic mass is 35.5. The lowest BCUT2D eigenvalue weighted by Crippen LogP contribution is -2.07. The second kappa shape index (κ2) is 7.70. The van der Waals surface area contributed by atoms with Gasteiger partial charge in [-0.2, -0.15) is 0 Å². The predicted octanol–water partition coefficient (Wildman–Crippen LogP) is 4.76. The summed E-state index contributed by atoms with van der Waals surface area (Å²) in [5.41, 5.74) is 1.25. The summed E-state index contributed by atoms with van der Waals surface area (Å²) in [5.74, 6) is 2.07. The molecule has 0 N–H and O–H groups in total. The average Bonchev–Trinajstić information content (AvgIpc) is 3.08. The van der Waals surface area contributed by atoms with Crippen LogP contribution in [0.1, 0.15) is 29.8 Å². The van der Waals surface area contributed by atoms with E-state index in [2.05, 4.69) is 0 Å². The van der Waals surface area contributed by atoms with Crippen molar-refractivity contribution in [2.24, 2.45) is 0 Å². The molecule has 0 aromatic heterocycles. The van der Waals surface area contributed by atoms with Crippen molar-refractivity contribution in [3.05, 3.63) is 52.6 Å². The van der Waals surface area contributed by atoms with Gasteiger partial charge in [-0.05, 0) is 55.8 Å². The van der Waals surface area contributed by atoms with Crippen molar-refractivity contribution in [1.82, 2.24) is 0 Å². The minimum Gasteiger partial charge on any atom is -0.493 e. The Morgan fingerprint density at radius 1 is 1.19 bits per heavy atom. The van der Waals surface area contributed by atoms with Crippen molar-refractivity contribution in [2.75, 3.05) is 13.9 Å². The highest BCUT2D eigenvalue weighted by Gasteiger charge is 2.16. The van der Waals surface area contributed by atoms with E-state index in [-0.39, 0.29) is 18.7 Å². The van der Waals surface area contributed by atoms with Crippen LogP contribution >= 0.6 is 11.6 Å². The van der Waals surface area contributed by atoms with E-state index >= 15 is 0 Å². The molecule has 1 aliphatic rings. The van der Waals surface area contributed by atoms with E-state index < -0.39 is 0 Å². The maximum atomic E-state index is 12.4. The Morgan fingerprint density at radius 3 is 2.69 bits per heavy atom. The first-order valence-corrected chi connectivity index (χ1v) is 8.52. The molecule has 0 saturated heterocycles. The Balaban J connectivity index is 1.81. The van der Waals surface area contributed by atoms with Gasteiger partial charge in [0.1, 0.15) is 0 Å². The summed E-state index contributed by atoms with van der Waals surface area (Å²) in [4.78, 5) is 12.4. The van der Waals surface area contributed by atoms with Crippen LogP contribution in [0.2, 0.25) is 5.02 Å². The Bertz CT molecular complexity index is 858. The van der Waals surface area contributed by atoms with Gasteiger partial charge in [0.05, 0.1) is 18.2 Å². The number of benzene rings is 2. The van der Waals surface area contributed by atoms with Crippen molar-refractivity contribution in [3.63, 3.8) is 0 Å². The van der Waals surface area contributed by atoms with Crippen LogP contribution in [0.5, 0.6) is 23.0 Å². The Labute approximate surface area is 157 Å². The Kier molecular flexibility index (Phi) is 5.38. The van der Waals surface area contributed by atoms with Crippen LogP contribution < -0.4 is 18.9 Å². The van der Waals surface area contributed by atoms with E-state index in [0.717, 1.165) is 5.56 Å². The lowest BCUT2D eigenvalue weighted by molar-refractivity contribution is 0.104. The monoisotopic (exact) mass is 374 g/mol. The molecule has 2 aromatic rings. The lowest BCUT2D eigenvalue weighted by Gasteiger charge is -2.15. The summed E-state index contributed by atoms with van der Waals surface area (Å²) in [6.45, 7) is 3.99. The molecule has 1 heterocycles. The van der Waals surface area contributed by atoms with Crippen LogP contribution in [0.3, 0.4) is 0 Å². The maximum Gasteiger partial charge on any atom is 0.231 e. The molecule has 2 aromatic carbocycles. The van der Waals surface area contributed by atoms with E-state index in [9.17, 15) is 4.79 Å². The largest absolute Gasteiger partial charge is 0.493 e. The van der Waals surface area contributed by atoms with Gasteiger partial charge in [0.25, 0.3) is 0 Å². The molecule has 0 radical (unpaired) electrons. The van der Waals surface area contributed by atoms with Crippen LogP contribution in [-0.4, -0.2) is 25.8 Å². The average molecular weight is 375 g/mol. The van der Waals surface area contributed by atoms with Crippen molar-refractivity contribution < 1.29 is 23.7 Å². The molecule has 0 fully saturated rings. The molecule has 26 heavy (non-hydrogen) atoms. The summed E-state index contributed by atoms with van der Waals surface area (Å²) >= 11 is 6.30. The minimum atomic E-state index is -0.152. The van der Waals surface area contributed by atoms with Gasteiger partial charge in [-0.3, -0.25) is 4.79 Å². The fourth-order valence-electron chi connectivity index (χ4n) is 2.50. The van der Waals surface area contributed by atoms with Crippen LogP contribution in [-0.2, 0) is 0 Å². The third-order valence-electron chi connectivity index (χ3n) is 3.69. The summed E-state index contributed by atoms with van der Waals surface area (Å²) < 4.78 is 21.6. The SMILES string of the molecule is COc1cc(C=CC(=O)c2ccc3c(c2)OCO3)cc(Cl)c1OC(C)C. The zero-order chi connectivity index (χ0) is 18.7. The predicted molar refractivity (Wildman–Crippen MR) is 99.7 cm³/mol. The Hall–Kier alpha value is -2.66. The molecule has 0 unspecified atom stereocenters. The van der Waals surface area contributed by atoms with E-state index in [1.165, 1.54) is 6.08 Å². The Morgan fingerprint density at radius 2 is 1.96 bits per heavy atom. The minimum absolute atomic E-state index is 0.0321. The zero-order valence-corrected chi connectivity index (χ0v) is 15.5. The van der Waals surface area contributed by atoms with Crippen LogP contribution in [0.4, 0.5) is 0 Å². The summed E-state index contributed by atoms with van der Waals surface area (Å²) in [6, 6.07) is 8.59. The maximum absolute atomic E-state index is 12.4. The van der Waals surface area contributed by atoms with Crippen molar-refractivity contribution in [3.8, 4) is 23.0 Å². The number of halogens is 1. The number of carbonyl (C=O) groups excluding carboxylic acids is 1. The first-order chi connectivity index (χ1) is 12.5. The van der Waals surface area contributed by atoms with Gasteiger partial charge >= 0.3 is 0 Å². The molecule has 0 aliphatic carbocycles. The molecule has 6 heteroatoms. The quantitative estimate of drug-likeness (QED) is 0.539. The smallest absolute Gasteiger partial charge is 0.231 e. The van der Waals surface area contributed by atoms with Crippen molar-refractivity contribution in [2.45, 2.75) is 20.0 Å². The standard InChI is InChI=1S/C20H19ClO5/c1-12(2)26-20-15(21)8-13(9-19(20)23-3)4-6-16(22)14-5-7-17-18(10-14)25-11-24-17/h4-10,12H,11H2,1-3H3. The van der Waals surface area contributed by atoms with E-state index in [0.29, 0.717) is 33.6 Å². The zero-order valence-electron chi connectivity index (χ0n) is 14.7. The number of ketones is 1. The van der Waals surface area contributed by atoms with Crippen molar-refractivity contribution in [1.29, 1.82) is 0 Å². The van der Waals surface area contributed by atoms with Crippen LogP contribution in [0.15, 0.2) is 36.4 Å². The van der Waals surface area contributed by atoms with Gasteiger partial charge in [-0.1, -0.05) is 17.7 Å². The molecule has 0 atom stereocenters. The molecule has 5 nitrogen and oxygen atoms in total. The van der Waals surface area contributed by atoms with Gasteiger partial charge in [0.15, 0.2) is 28.8 Å². The first-order valence-electron chi connectivity index (χ1n) is 8.14. The van der Waals surface area contributed by atoms with E-state index in [1.54, 1.807) is 43.5 Å². The fraction of sp³-hybridized carbons (Fsp3) is 0.250. The number of methoxy groups -OCH3 is 1. The second-order valence-corrected chi connectivity index (χ2v) is 6.37. The molecule has 0 spiro atoms. The number of hydrogen-bond acceptors (Lipinski definition) is 5. The summed E-state index contributed by atoms with van der Waals surface area (Å²) in [6.07, 6.45) is 3.13. The van der Waals surface area contributed by atoms with Gasteiger partial charge < -0.3 is 18.9 Å². The normalized spacial score (nSPS) is 12.7. The van der Waals surface area contributed by atoms with Crippen LogP contribution in [0, 0.1) is 0 Å². The molecular weight excluding hydrogens is 356 g/mol. The molecule has 0 saturated carbocycles. The van der Waals surface area contributed by atoms with Gasteiger partial charge in [0.2, 0.25) is 6.79 Å². The molecule has 0 bridgehead atoms. The first kappa shape index (κ1) is 18.1. The molecular formula is C20H19ClO5. The third kappa shape index (κ3) is 3.94. The highest BCUT2D eigenvalue weighted by Crippen LogP contribution is 2.37. The lowest BCUT2D eigenvalue weighted by atomic mass is 10.1. The molecule has 0 amide bonds. The number of fused-ring (bicyclic) bond motifs is 1. The number of ether oxygens (including phenoxy) is 4. The highest BCUT2D eigenvalue weighted by molar-refractivity contribution is 6.32. The van der Waals surface area contributed by atoms with Gasteiger partial charge in [-0.15, -0.1) is 0 Å². The summed E-state index contributed by atoms with van der Waals surface area (Å²) in [7, 11) is 1.55. The molecule has 1 aliphatic heterocycles. The number of allylic oxidation sites excluding steroid dienone is 1. The number of rotatable bonds is 6. The van der Waals surface area contributed by atoms with Gasteiger partial charge in [-0.25, -0.2) is 0 Å². The van der Waals surface area contributed by atoms with E-state index in [4.69, 9.17) is 30.5 Å². The third-order valence-corrected chi connectivity index (χ3v) is 3.97. The number of hydrogen-bond donors (Lipinski definition) is 0.